The Morgan fingerprint density at radius 1 is 1.17 bits per heavy atom. The molecule has 1 unspecified atom stereocenters. The van der Waals surface area contributed by atoms with E-state index in [1.807, 2.05) is 17.0 Å². The molecule has 1 aromatic heterocycles. The molecule has 156 valence electrons. The number of nitrogens with one attached hydrogen (secondary N) is 2. The number of rotatable bonds is 3. The maximum Gasteiger partial charge on any atom is 0.219 e. The Kier molecular flexibility index (Phi) is 5.03. The Labute approximate surface area is 180 Å². The summed E-state index contributed by atoms with van der Waals surface area (Å²) in [5, 5.41) is 15.3. The lowest BCUT2D eigenvalue weighted by Crippen LogP contribution is -2.47. The molecule has 1 saturated heterocycles. The number of piperazine rings is 1. The molecule has 0 radical (unpaired) electrons. The molecular formula is C23H25ClN4O2. The van der Waals surface area contributed by atoms with Crippen LogP contribution in [0.4, 0.5) is 0 Å². The van der Waals surface area contributed by atoms with Gasteiger partial charge in [-0.25, -0.2) is 0 Å². The third-order valence-electron chi connectivity index (χ3n) is 6.24. The second-order valence-electron chi connectivity index (χ2n) is 8.16. The maximum atomic E-state index is 11.5. The quantitative estimate of drug-likeness (QED) is 0.603. The van der Waals surface area contributed by atoms with Crippen molar-refractivity contribution in [3.63, 3.8) is 0 Å². The highest BCUT2D eigenvalue weighted by Gasteiger charge is 2.26. The van der Waals surface area contributed by atoms with Gasteiger partial charge in [-0.05, 0) is 35.4 Å². The smallest absolute Gasteiger partial charge is 0.219 e. The molecule has 2 aliphatic heterocycles. The first-order valence-electron chi connectivity index (χ1n) is 10.3. The predicted octanol–water partition coefficient (Wildman–Crippen LogP) is 3.25. The Morgan fingerprint density at radius 2 is 1.97 bits per heavy atom. The van der Waals surface area contributed by atoms with Gasteiger partial charge in [0.2, 0.25) is 5.91 Å². The third-order valence-corrected chi connectivity index (χ3v) is 6.60. The van der Waals surface area contributed by atoms with Crippen LogP contribution >= 0.6 is 11.6 Å². The normalized spacial score (nSPS) is 19.4. The van der Waals surface area contributed by atoms with E-state index in [4.69, 9.17) is 11.6 Å². The van der Waals surface area contributed by atoms with Gasteiger partial charge in [0, 0.05) is 78.9 Å². The number of nitrogens with zero attached hydrogens (tertiary/aromatic N) is 2. The number of hydrogen-bond acceptors (Lipinski definition) is 4. The number of aromatic nitrogens is 1. The minimum Gasteiger partial charge on any atom is -0.374 e. The number of carbonyl (C=O) groups excluding carboxylic acids is 1. The number of halogens is 1. The van der Waals surface area contributed by atoms with E-state index in [1.54, 1.807) is 6.92 Å². The number of aliphatic hydroxyl groups excluding tert-OH is 1. The fraction of sp³-hybridized carbons (Fsp3) is 0.348. The highest BCUT2D eigenvalue weighted by molar-refractivity contribution is 6.31. The summed E-state index contributed by atoms with van der Waals surface area (Å²) in [6.45, 7) is 6.48. The number of hydrogen-bond donors (Lipinski definition) is 3. The fourth-order valence-corrected chi connectivity index (χ4v) is 4.80. The Hall–Kier alpha value is -2.38. The molecular weight excluding hydrogens is 400 g/mol. The van der Waals surface area contributed by atoms with Gasteiger partial charge in [0.25, 0.3) is 0 Å². The summed E-state index contributed by atoms with van der Waals surface area (Å²) in [5.41, 5.74) is 6.10. The average Bonchev–Trinajstić information content (AvgIpc) is 3.33. The van der Waals surface area contributed by atoms with Crippen LogP contribution in [0.15, 0.2) is 36.4 Å². The minimum atomic E-state index is -0.704. The van der Waals surface area contributed by atoms with Crippen LogP contribution in [0, 0.1) is 0 Å². The van der Waals surface area contributed by atoms with Gasteiger partial charge in [-0.2, -0.15) is 0 Å². The van der Waals surface area contributed by atoms with Crippen LogP contribution in [0.1, 0.15) is 29.8 Å². The first-order valence-corrected chi connectivity index (χ1v) is 10.7. The second-order valence-corrected chi connectivity index (χ2v) is 8.56. The molecule has 1 amide bonds. The highest BCUT2D eigenvalue weighted by atomic mass is 35.5. The average molecular weight is 425 g/mol. The lowest BCUT2D eigenvalue weighted by atomic mass is 10.00. The molecule has 3 aromatic rings. The molecule has 30 heavy (non-hydrogen) atoms. The van der Waals surface area contributed by atoms with Crippen LogP contribution in [0.5, 0.6) is 0 Å². The number of aromatic amines is 1. The summed E-state index contributed by atoms with van der Waals surface area (Å²) in [4.78, 5) is 19.3. The summed E-state index contributed by atoms with van der Waals surface area (Å²) in [5.74, 6) is 0.157. The number of H-pyrrole nitrogens is 1. The van der Waals surface area contributed by atoms with Crippen LogP contribution < -0.4 is 5.32 Å². The van der Waals surface area contributed by atoms with Gasteiger partial charge in [0.05, 0.1) is 0 Å². The predicted molar refractivity (Wildman–Crippen MR) is 118 cm³/mol. The molecule has 7 heteroatoms. The molecule has 3 N–H and O–H groups in total. The van der Waals surface area contributed by atoms with E-state index in [2.05, 4.69) is 39.5 Å². The van der Waals surface area contributed by atoms with Crippen LogP contribution in [0.2, 0.25) is 5.02 Å². The van der Waals surface area contributed by atoms with Crippen LogP contribution in [-0.4, -0.2) is 52.0 Å². The van der Waals surface area contributed by atoms with Crippen molar-refractivity contribution in [2.24, 2.45) is 0 Å². The molecule has 3 heterocycles. The largest absolute Gasteiger partial charge is 0.374 e. The van der Waals surface area contributed by atoms with Crippen molar-refractivity contribution in [1.29, 1.82) is 0 Å². The summed E-state index contributed by atoms with van der Waals surface area (Å²) < 4.78 is 0. The first-order chi connectivity index (χ1) is 14.5. The van der Waals surface area contributed by atoms with E-state index in [0.29, 0.717) is 11.6 Å². The zero-order valence-electron chi connectivity index (χ0n) is 16.9. The topological polar surface area (TPSA) is 71.6 Å². The SMILES string of the molecule is CC(=O)N1CCN(Cc2ccc3[nH]c(-c4ccc(Cl)c5c4C(O)NC5)cc3c2)CC1. The van der Waals surface area contributed by atoms with Crippen molar-refractivity contribution in [3.05, 3.63) is 58.1 Å². The molecule has 0 aliphatic carbocycles. The standard InChI is InChI=1S/C23H25ClN4O2/c1-14(29)28-8-6-27(7-9-28)13-15-2-5-20-16(10-15)11-21(26-20)17-3-4-19(24)18-12-25-23(30)22(17)18/h2-5,10-11,23,25-26,30H,6-9,12-13H2,1H3. The van der Waals surface area contributed by atoms with Gasteiger partial charge in [0.15, 0.2) is 0 Å². The molecule has 0 spiro atoms. The van der Waals surface area contributed by atoms with Crippen molar-refractivity contribution in [1.82, 2.24) is 20.1 Å². The molecule has 1 atom stereocenters. The monoisotopic (exact) mass is 424 g/mol. The first kappa shape index (κ1) is 19.6. The zero-order chi connectivity index (χ0) is 20.8. The van der Waals surface area contributed by atoms with Crippen molar-refractivity contribution >= 4 is 28.4 Å². The van der Waals surface area contributed by atoms with Gasteiger partial charge in [-0.15, -0.1) is 0 Å². The van der Waals surface area contributed by atoms with E-state index in [1.165, 1.54) is 5.56 Å². The second kappa shape index (κ2) is 7.71. The zero-order valence-corrected chi connectivity index (χ0v) is 17.7. The van der Waals surface area contributed by atoms with E-state index in [0.717, 1.165) is 66.0 Å². The summed E-state index contributed by atoms with van der Waals surface area (Å²) >= 11 is 6.33. The van der Waals surface area contributed by atoms with Gasteiger partial charge < -0.3 is 15.0 Å². The summed E-state index contributed by atoms with van der Waals surface area (Å²) in [6.07, 6.45) is -0.704. The van der Waals surface area contributed by atoms with Crippen LogP contribution in [-0.2, 0) is 17.9 Å². The maximum absolute atomic E-state index is 11.5. The van der Waals surface area contributed by atoms with E-state index in [9.17, 15) is 9.90 Å². The lowest BCUT2D eigenvalue weighted by molar-refractivity contribution is -0.130. The highest BCUT2D eigenvalue weighted by Crippen LogP contribution is 2.38. The minimum absolute atomic E-state index is 0.157. The number of aliphatic hydroxyl groups is 1. The van der Waals surface area contributed by atoms with E-state index < -0.39 is 6.23 Å². The number of carbonyl (C=O) groups is 1. The molecule has 0 bridgehead atoms. The van der Waals surface area contributed by atoms with Crippen LogP contribution in [0.3, 0.4) is 0 Å². The number of fused-ring (bicyclic) bond motifs is 2. The van der Waals surface area contributed by atoms with E-state index in [-0.39, 0.29) is 5.91 Å². The molecule has 2 aromatic carbocycles. The fourth-order valence-electron chi connectivity index (χ4n) is 4.57. The van der Waals surface area contributed by atoms with Crippen molar-refractivity contribution in [2.75, 3.05) is 26.2 Å². The van der Waals surface area contributed by atoms with Gasteiger partial charge in [0.1, 0.15) is 6.23 Å². The molecule has 5 rings (SSSR count). The third kappa shape index (κ3) is 3.50. The van der Waals surface area contributed by atoms with Crippen molar-refractivity contribution < 1.29 is 9.90 Å². The van der Waals surface area contributed by atoms with Gasteiger partial charge in [-0.3, -0.25) is 15.0 Å². The molecule has 2 aliphatic rings. The van der Waals surface area contributed by atoms with E-state index >= 15 is 0 Å². The Morgan fingerprint density at radius 3 is 2.73 bits per heavy atom. The van der Waals surface area contributed by atoms with Gasteiger partial charge in [-0.1, -0.05) is 23.7 Å². The number of benzene rings is 2. The Bertz CT molecular complexity index is 1120. The van der Waals surface area contributed by atoms with Crippen molar-refractivity contribution in [2.45, 2.75) is 26.2 Å². The summed E-state index contributed by atoms with van der Waals surface area (Å²) in [7, 11) is 0. The van der Waals surface area contributed by atoms with Crippen LogP contribution in [0.25, 0.3) is 22.2 Å². The van der Waals surface area contributed by atoms with Crippen molar-refractivity contribution in [3.8, 4) is 11.3 Å². The summed E-state index contributed by atoms with van der Waals surface area (Å²) in [6, 6.07) is 12.5. The Balaban J connectivity index is 1.39. The molecule has 1 fully saturated rings. The molecule has 0 saturated carbocycles. The molecule has 6 nitrogen and oxygen atoms in total. The number of amides is 1. The lowest BCUT2D eigenvalue weighted by Gasteiger charge is -2.34. The van der Waals surface area contributed by atoms with Gasteiger partial charge >= 0.3 is 0 Å².